The first-order valence-electron chi connectivity index (χ1n) is 10.8. The van der Waals surface area contributed by atoms with E-state index in [1.54, 1.807) is 18.2 Å². The lowest BCUT2D eigenvalue weighted by atomic mass is 10.2. The zero-order chi connectivity index (χ0) is 24.9. The second-order valence-corrected chi connectivity index (χ2v) is 12.8. The van der Waals surface area contributed by atoms with Crippen LogP contribution in [0.25, 0.3) is 0 Å². The fourth-order valence-corrected chi connectivity index (χ4v) is 6.64. The standard InChI is InChI=1S/C22H27Cl2N3O5S2/c1-33(29,30)27(21-16-17(23)7-12-20(21)24)15-5-6-22(28)25-18-8-10-19(11-9-18)34(31,32)26-13-3-2-4-14-26/h7-12,16H,2-6,13-15H2,1H3,(H,25,28). The van der Waals surface area contributed by atoms with Crippen LogP contribution in [-0.2, 0) is 24.8 Å². The third kappa shape index (κ3) is 6.85. The molecule has 0 spiro atoms. The third-order valence-corrected chi connectivity index (χ3v) is 9.08. The Hall–Kier alpha value is -1.85. The van der Waals surface area contributed by atoms with Gasteiger partial charge in [0.05, 0.1) is 21.9 Å². The summed E-state index contributed by atoms with van der Waals surface area (Å²) in [4.78, 5) is 12.6. The van der Waals surface area contributed by atoms with E-state index in [2.05, 4.69) is 5.32 Å². The molecular weight excluding hydrogens is 521 g/mol. The van der Waals surface area contributed by atoms with E-state index in [9.17, 15) is 21.6 Å². The molecule has 1 heterocycles. The van der Waals surface area contributed by atoms with Gasteiger partial charge in [0.2, 0.25) is 26.0 Å². The molecule has 3 rings (SSSR count). The van der Waals surface area contributed by atoms with Gasteiger partial charge in [-0.1, -0.05) is 29.6 Å². The lowest BCUT2D eigenvalue weighted by molar-refractivity contribution is -0.116. The Balaban J connectivity index is 1.58. The molecule has 8 nitrogen and oxygen atoms in total. The molecule has 12 heteroatoms. The summed E-state index contributed by atoms with van der Waals surface area (Å²) in [7, 11) is -7.18. The zero-order valence-electron chi connectivity index (χ0n) is 18.7. The number of rotatable bonds is 9. The Morgan fingerprint density at radius 1 is 1.00 bits per heavy atom. The van der Waals surface area contributed by atoms with E-state index in [-0.39, 0.29) is 40.9 Å². The Morgan fingerprint density at radius 3 is 2.26 bits per heavy atom. The molecule has 0 radical (unpaired) electrons. The highest BCUT2D eigenvalue weighted by Gasteiger charge is 2.26. The van der Waals surface area contributed by atoms with Crippen molar-refractivity contribution in [2.24, 2.45) is 0 Å². The number of carbonyl (C=O) groups excluding carboxylic acids is 1. The number of nitrogens with one attached hydrogen (secondary N) is 1. The number of piperidine rings is 1. The number of anilines is 2. The number of halogens is 2. The van der Waals surface area contributed by atoms with Crippen LogP contribution < -0.4 is 9.62 Å². The molecule has 1 amide bonds. The summed E-state index contributed by atoms with van der Waals surface area (Å²) in [6.07, 6.45) is 4.09. The van der Waals surface area contributed by atoms with Crippen LogP contribution in [0.1, 0.15) is 32.1 Å². The van der Waals surface area contributed by atoms with Gasteiger partial charge in [0.15, 0.2) is 0 Å². The van der Waals surface area contributed by atoms with Gasteiger partial charge in [-0.05, 0) is 61.7 Å². The molecule has 1 aliphatic heterocycles. The van der Waals surface area contributed by atoms with Crippen molar-refractivity contribution in [2.45, 2.75) is 37.0 Å². The average molecular weight is 549 g/mol. The fourth-order valence-electron chi connectivity index (χ4n) is 3.71. The Morgan fingerprint density at radius 2 is 1.65 bits per heavy atom. The van der Waals surface area contributed by atoms with Gasteiger partial charge in [0.1, 0.15) is 0 Å². The van der Waals surface area contributed by atoms with E-state index >= 15 is 0 Å². The minimum atomic E-state index is -3.64. The van der Waals surface area contributed by atoms with Crippen LogP contribution in [0.4, 0.5) is 11.4 Å². The van der Waals surface area contributed by atoms with E-state index in [0.717, 1.165) is 29.8 Å². The molecule has 0 aliphatic carbocycles. The highest BCUT2D eigenvalue weighted by Crippen LogP contribution is 2.31. The third-order valence-electron chi connectivity index (χ3n) is 5.43. The Bertz CT molecular complexity index is 1230. The van der Waals surface area contributed by atoms with E-state index < -0.39 is 20.0 Å². The predicted octanol–water partition coefficient (Wildman–Crippen LogP) is 4.35. The predicted molar refractivity (Wildman–Crippen MR) is 136 cm³/mol. The lowest BCUT2D eigenvalue weighted by Gasteiger charge is -2.25. The van der Waals surface area contributed by atoms with Crippen LogP contribution in [0, 0.1) is 0 Å². The number of hydrogen-bond acceptors (Lipinski definition) is 5. The van der Waals surface area contributed by atoms with Crippen LogP contribution in [0.3, 0.4) is 0 Å². The quantitative estimate of drug-likeness (QED) is 0.502. The summed E-state index contributed by atoms with van der Waals surface area (Å²) >= 11 is 12.1. The summed E-state index contributed by atoms with van der Waals surface area (Å²) in [6.45, 7) is 1.08. The molecule has 0 unspecified atom stereocenters. The van der Waals surface area contributed by atoms with Crippen LogP contribution in [0.2, 0.25) is 10.0 Å². The second-order valence-electron chi connectivity index (χ2n) is 8.07. The van der Waals surface area contributed by atoms with Crippen molar-refractivity contribution in [1.82, 2.24) is 4.31 Å². The van der Waals surface area contributed by atoms with Crippen molar-refractivity contribution in [3.63, 3.8) is 0 Å². The van der Waals surface area contributed by atoms with E-state index in [1.165, 1.54) is 28.6 Å². The maximum atomic E-state index is 12.7. The van der Waals surface area contributed by atoms with Crippen molar-refractivity contribution in [1.29, 1.82) is 0 Å². The average Bonchev–Trinajstić information content (AvgIpc) is 2.79. The van der Waals surface area contributed by atoms with Gasteiger partial charge in [-0.3, -0.25) is 9.10 Å². The summed E-state index contributed by atoms with van der Waals surface area (Å²) in [5, 5.41) is 3.29. The van der Waals surface area contributed by atoms with Crippen LogP contribution in [0.15, 0.2) is 47.4 Å². The fraction of sp³-hybridized carbons (Fsp3) is 0.409. The largest absolute Gasteiger partial charge is 0.326 e. The number of hydrogen-bond donors (Lipinski definition) is 1. The van der Waals surface area contributed by atoms with Gasteiger partial charge in [-0.25, -0.2) is 16.8 Å². The molecule has 0 bridgehead atoms. The second kappa shape index (κ2) is 11.3. The Labute approximate surface area is 210 Å². The maximum Gasteiger partial charge on any atom is 0.243 e. The minimum absolute atomic E-state index is 0.0410. The highest BCUT2D eigenvalue weighted by molar-refractivity contribution is 7.92. The van der Waals surface area contributed by atoms with Crippen molar-refractivity contribution in [2.75, 3.05) is 35.5 Å². The maximum absolute atomic E-state index is 12.7. The van der Waals surface area contributed by atoms with Gasteiger partial charge in [-0.15, -0.1) is 0 Å². The highest BCUT2D eigenvalue weighted by atomic mass is 35.5. The number of sulfonamides is 2. The topological polar surface area (TPSA) is 104 Å². The summed E-state index contributed by atoms with van der Waals surface area (Å²) in [5.41, 5.74) is 0.711. The van der Waals surface area contributed by atoms with Gasteiger partial charge in [0.25, 0.3) is 0 Å². The smallest absolute Gasteiger partial charge is 0.243 e. The molecule has 1 saturated heterocycles. The molecule has 186 valence electrons. The molecular formula is C22H27Cl2N3O5S2. The van der Waals surface area contributed by atoms with E-state index in [4.69, 9.17) is 23.2 Å². The first-order chi connectivity index (χ1) is 16.0. The van der Waals surface area contributed by atoms with E-state index in [1.807, 2.05) is 0 Å². The SMILES string of the molecule is CS(=O)(=O)N(CCCC(=O)Nc1ccc(S(=O)(=O)N2CCCCC2)cc1)c1cc(Cl)ccc1Cl. The lowest BCUT2D eigenvalue weighted by Crippen LogP contribution is -2.35. The number of amides is 1. The van der Waals surface area contributed by atoms with Crippen molar-refractivity contribution >= 4 is 60.5 Å². The number of nitrogens with zero attached hydrogens (tertiary/aromatic N) is 2. The molecule has 0 aromatic heterocycles. The molecule has 34 heavy (non-hydrogen) atoms. The zero-order valence-corrected chi connectivity index (χ0v) is 21.9. The molecule has 2 aromatic carbocycles. The molecule has 1 N–H and O–H groups in total. The van der Waals surface area contributed by atoms with Gasteiger partial charge in [0, 0.05) is 36.8 Å². The molecule has 2 aromatic rings. The van der Waals surface area contributed by atoms with Crippen molar-refractivity contribution in [3.8, 4) is 0 Å². The molecule has 0 saturated carbocycles. The monoisotopic (exact) mass is 547 g/mol. The van der Waals surface area contributed by atoms with E-state index in [0.29, 0.717) is 23.8 Å². The Kier molecular flexibility index (Phi) is 8.86. The minimum Gasteiger partial charge on any atom is -0.326 e. The number of benzene rings is 2. The van der Waals surface area contributed by atoms with Gasteiger partial charge < -0.3 is 5.32 Å². The molecule has 0 atom stereocenters. The van der Waals surface area contributed by atoms with Crippen LogP contribution >= 0.6 is 23.2 Å². The van der Waals surface area contributed by atoms with Crippen molar-refractivity contribution < 1.29 is 21.6 Å². The molecule has 1 fully saturated rings. The number of carbonyl (C=O) groups is 1. The first-order valence-corrected chi connectivity index (χ1v) is 14.9. The molecule has 1 aliphatic rings. The summed E-state index contributed by atoms with van der Waals surface area (Å²) in [5.74, 6) is -0.322. The first kappa shape index (κ1) is 26.7. The van der Waals surface area contributed by atoms with Crippen LogP contribution in [0.5, 0.6) is 0 Å². The normalized spacial score (nSPS) is 15.1. The van der Waals surface area contributed by atoms with Gasteiger partial charge in [-0.2, -0.15) is 4.31 Å². The summed E-state index contributed by atoms with van der Waals surface area (Å²) < 4.78 is 52.6. The van der Waals surface area contributed by atoms with Crippen molar-refractivity contribution in [3.05, 3.63) is 52.5 Å². The van der Waals surface area contributed by atoms with Crippen LogP contribution in [-0.4, -0.2) is 52.9 Å². The summed E-state index contributed by atoms with van der Waals surface area (Å²) in [6, 6.07) is 10.6. The van der Waals surface area contributed by atoms with Gasteiger partial charge >= 0.3 is 0 Å².